The van der Waals surface area contributed by atoms with E-state index in [2.05, 4.69) is 15.3 Å². The van der Waals surface area contributed by atoms with Gasteiger partial charge in [-0.05, 0) is 42.5 Å². The van der Waals surface area contributed by atoms with Crippen molar-refractivity contribution >= 4 is 39.6 Å². The summed E-state index contributed by atoms with van der Waals surface area (Å²) in [6.07, 6.45) is 5.18. The first-order chi connectivity index (χ1) is 17.4. The zero-order valence-electron chi connectivity index (χ0n) is 19.7. The van der Waals surface area contributed by atoms with Crippen molar-refractivity contribution in [2.45, 2.75) is 43.8 Å². The lowest BCUT2D eigenvalue weighted by atomic mass is 10.0. The smallest absolute Gasteiger partial charge is 0.326 e. The lowest BCUT2D eigenvalue weighted by molar-refractivity contribution is -0.149. The Balaban J connectivity index is 1.37. The molecule has 2 amide bonds. The number of aromatic nitrogens is 2. The molecule has 3 atom stereocenters. The molecular weight excluding hydrogens is 458 g/mol. The van der Waals surface area contributed by atoms with E-state index in [1.165, 1.54) is 4.90 Å². The number of rotatable bonds is 8. The highest BCUT2D eigenvalue weighted by Gasteiger charge is 2.38. The molecule has 2 aromatic carbocycles. The van der Waals surface area contributed by atoms with Gasteiger partial charge in [-0.3, -0.25) is 9.59 Å². The molecule has 1 aliphatic heterocycles. The van der Waals surface area contributed by atoms with E-state index >= 15 is 0 Å². The van der Waals surface area contributed by atoms with Crippen LogP contribution in [0.25, 0.3) is 21.8 Å². The number of para-hydroxylation sites is 2. The van der Waals surface area contributed by atoms with Crippen molar-refractivity contribution in [3.8, 4) is 0 Å². The van der Waals surface area contributed by atoms with Crippen LogP contribution >= 0.6 is 0 Å². The van der Waals surface area contributed by atoms with Gasteiger partial charge in [-0.15, -0.1) is 0 Å². The molecule has 1 fully saturated rings. The molecule has 6 N–H and O–H groups in total. The second kappa shape index (κ2) is 9.87. The van der Waals surface area contributed by atoms with Gasteiger partial charge in [0.05, 0.1) is 6.04 Å². The monoisotopic (exact) mass is 487 g/mol. The van der Waals surface area contributed by atoms with Crippen LogP contribution in [-0.4, -0.2) is 62.4 Å². The van der Waals surface area contributed by atoms with Gasteiger partial charge in [0.2, 0.25) is 11.8 Å². The fourth-order valence-corrected chi connectivity index (χ4v) is 5.12. The van der Waals surface area contributed by atoms with Gasteiger partial charge < -0.3 is 31.0 Å². The fourth-order valence-electron chi connectivity index (χ4n) is 5.12. The molecule has 0 aliphatic carbocycles. The standard InChI is InChI=1S/C27H29N5O4/c28-20(12-16-14-29-21-8-3-1-6-18(16)21)25(33)31-23(26(34)32-11-5-10-24(32)27(35)36)13-17-15-30-22-9-4-2-7-19(17)22/h1-4,6-9,14-15,20,23-24,29-30H,5,10-13,28H2,(H,31,33)(H,35,36)/t20-,23-,24-/m0/s1. The maximum atomic E-state index is 13.6. The zero-order valence-corrected chi connectivity index (χ0v) is 19.7. The fraction of sp³-hybridized carbons (Fsp3) is 0.296. The first kappa shape index (κ1) is 23.6. The molecule has 36 heavy (non-hydrogen) atoms. The summed E-state index contributed by atoms with van der Waals surface area (Å²) < 4.78 is 0. The van der Waals surface area contributed by atoms with E-state index in [1.807, 2.05) is 60.9 Å². The Morgan fingerprint density at radius 2 is 1.56 bits per heavy atom. The maximum Gasteiger partial charge on any atom is 0.326 e. The van der Waals surface area contributed by atoms with E-state index in [9.17, 15) is 19.5 Å². The summed E-state index contributed by atoms with van der Waals surface area (Å²) in [6.45, 7) is 0.345. The number of carboxylic acid groups (broad SMARTS) is 1. The molecule has 4 aromatic rings. The average molecular weight is 488 g/mol. The number of nitrogens with two attached hydrogens (primary N) is 1. The van der Waals surface area contributed by atoms with Crippen LogP contribution in [0.3, 0.4) is 0 Å². The number of likely N-dealkylation sites (tertiary alicyclic amines) is 1. The highest BCUT2D eigenvalue weighted by molar-refractivity contribution is 5.93. The Kier molecular flexibility index (Phi) is 6.47. The SMILES string of the molecule is N[C@@H](Cc1c[nH]c2ccccc12)C(=O)N[C@@H](Cc1c[nH]c2ccccc12)C(=O)N1CCC[C@H]1C(=O)O. The third-order valence-corrected chi connectivity index (χ3v) is 6.99. The molecule has 9 nitrogen and oxygen atoms in total. The van der Waals surface area contributed by atoms with Crippen molar-refractivity contribution in [1.82, 2.24) is 20.2 Å². The summed E-state index contributed by atoms with van der Waals surface area (Å²) in [5, 5.41) is 14.4. The highest BCUT2D eigenvalue weighted by atomic mass is 16.4. The van der Waals surface area contributed by atoms with Crippen LogP contribution < -0.4 is 11.1 Å². The molecule has 1 saturated heterocycles. The van der Waals surface area contributed by atoms with Gasteiger partial charge >= 0.3 is 5.97 Å². The minimum atomic E-state index is -1.03. The number of hydrogen-bond donors (Lipinski definition) is 5. The van der Waals surface area contributed by atoms with E-state index in [1.54, 1.807) is 0 Å². The molecule has 9 heteroatoms. The quantitative estimate of drug-likeness (QED) is 0.259. The number of H-pyrrole nitrogens is 2. The van der Waals surface area contributed by atoms with Crippen molar-refractivity contribution in [2.75, 3.05) is 6.54 Å². The predicted octanol–water partition coefficient (Wildman–Crippen LogP) is 2.32. The van der Waals surface area contributed by atoms with Crippen LogP contribution in [0.1, 0.15) is 24.0 Å². The molecule has 0 bridgehead atoms. The Bertz CT molecular complexity index is 1420. The van der Waals surface area contributed by atoms with Crippen LogP contribution in [0.15, 0.2) is 60.9 Å². The second-order valence-corrected chi connectivity index (χ2v) is 9.32. The number of carbonyl (C=O) groups is 3. The van der Waals surface area contributed by atoms with Crippen LogP contribution in [0.4, 0.5) is 0 Å². The average Bonchev–Trinajstić information content (AvgIpc) is 3.62. The third-order valence-electron chi connectivity index (χ3n) is 6.99. The molecule has 0 saturated carbocycles. The minimum Gasteiger partial charge on any atom is -0.480 e. The van der Waals surface area contributed by atoms with Crippen molar-refractivity contribution in [2.24, 2.45) is 5.73 Å². The van der Waals surface area contributed by atoms with Crippen LogP contribution in [0, 0.1) is 0 Å². The number of nitrogens with zero attached hydrogens (tertiary/aromatic N) is 1. The summed E-state index contributed by atoms with van der Waals surface area (Å²) in [5.74, 6) is -1.89. The molecule has 186 valence electrons. The largest absolute Gasteiger partial charge is 0.480 e. The molecule has 2 aromatic heterocycles. The van der Waals surface area contributed by atoms with Gasteiger partial charge in [0.15, 0.2) is 0 Å². The lowest BCUT2D eigenvalue weighted by Crippen LogP contribution is -2.55. The second-order valence-electron chi connectivity index (χ2n) is 9.32. The number of hydrogen-bond acceptors (Lipinski definition) is 4. The van der Waals surface area contributed by atoms with Gasteiger partial charge in [-0.2, -0.15) is 0 Å². The van der Waals surface area contributed by atoms with Gasteiger partial charge in [0.25, 0.3) is 0 Å². The molecule has 1 aliphatic rings. The summed E-state index contributed by atoms with van der Waals surface area (Å²) in [7, 11) is 0. The zero-order chi connectivity index (χ0) is 25.2. The molecule has 0 radical (unpaired) electrons. The maximum absolute atomic E-state index is 13.6. The molecule has 3 heterocycles. The van der Waals surface area contributed by atoms with E-state index in [0.717, 1.165) is 32.9 Å². The number of aliphatic carboxylic acids is 1. The van der Waals surface area contributed by atoms with Crippen molar-refractivity contribution in [3.63, 3.8) is 0 Å². The van der Waals surface area contributed by atoms with Crippen molar-refractivity contribution < 1.29 is 19.5 Å². The number of carboxylic acids is 1. The number of carbonyl (C=O) groups excluding carboxylic acids is 2. The van der Waals surface area contributed by atoms with Gasteiger partial charge in [0, 0.05) is 47.2 Å². The number of amides is 2. The summed E-state index contributed by atoms with van der Waals surface area (Å²) in [6, 6.07) is 12.8. The molecule has 0 spiro atoms. The van der Waals surface area contributed by atoms with Crippen LogP contribution in [0.2, 0.25) is 0 Å². The van der Waals surface area contributed by atoms with Crippen molar-refractivity contribution in [3.05, 3.63) is 72.1 Å². The topological polar surface area (TPSA) is 144 Å². The predicted molar refractivity (Wildman–Crippen MR) is 136 cm³/mol. The number of aromatic amines is 2. The Morgan fingerprint density at radius 3 is 2.17 bits per heavy atom. The van der Waals surface area contributed by atoms with Crippen LogP contribution in [-0.2, 0) is 27.2 Å². The first-order valence-electron chi connectivity index (χ1n) is 12.1. The van der Waals surface area contributed by atoms with E-state index in [0.29, 0.717) is 25.8 Å². The van der Waals surface area contributed by atoms with E-state index in [4.69, 9.17) is 5.73 Å². The number of nitrogens with one attached hydrogen (secondary N) is 3. The van der Waals surface area contributed by atoms with E-state index in [-0.39, 0.29) is 6.42 Å². The van der Waals surface area contributed by atoms with Gasteiger partial charge in [-0.1, -0.05) is 36.4 Å². The molecular formula is C27H29N5O4. The lowest BCUT2D eigenvalue weighted by Gasteiger charge is -2.28. The Labute approximate surface area is 207 Å². The van der Waals surface area contributed by atoms with Gasteiger partial charge in [0.1, 0.15) is 12.1 Å². The van der Waals surface area contributed by atoms with Crippen molar-refractivity contribution in [1.29, 1.82) is 0 Å². The van der Waals surface area contributed by atoms with Crippen LogP contribution in [0.5, 0.6) is 0 Å². The first-order valence-corrected chi connectivity index (χ1v) is 12.1. The third kappa shape index (κ3) is 4.57. The Morgan fingerprint density at radius 1 is 0.972 bits per heavy atom. The molecule has 5 rings (SSSR count). The van der Waals surface area contributed by atoms with E-state index < -0.39 is 35.9 Å². The summed E-state index contributed by atoms with van der Waals surface area (Å²) in [5.41, 5.74) is 9.95. The van der Waals surface area contributed by atoms with Gasteiger partial charge in [-0.25, -0.2) is 4.79 Å². The minimum absolute atomic E-state index is 0.219. The Hall–Kier alpha value is -4.11. The number of benzene rings is 2. The summed E-state index contributed by atoms with van der Waals surface area (Å²) >= 11 is 0. The summed E-state index contributed by atoms with van der Waals surface area (Å²) in [4.78, 5) is 46.2. The highest BCUT2D eigenvalue weighted by Crippen LogP contribution is 2.23. The normalized spacial score (nSPS) is 17.4. The number of fused-ring (bicyclic) bond motifs is 2. The molecule has 0 unspecified atom stereocenters.